The second-order valence-corrected chi connectivity index (χ2v) is 15.2. The minimum Gasteiger partial charge on any atom is -0.544 e. The summed E-state index contributed by atoms with van der Waals surface area (Å²) in [5, 5.41) is 11.6. The first-order chi connectivity index (χ1) is 25.1. The molecule has 0 aromatic carbocycles. The molecule has 0 aromatic rings. The van der Waals surface area contributed by atoms with Crippen LogP contribution in [0.1, 0.15) is 174 Å². The van der Waals surface area contributed by atoms with Gasteiger partial charge in [0.05, 0.1) is 40.3 Å². The number of unbranched alkanes of at least 4 members (excludes halogenated alkanes) is 17. The van der Waals surface area contributed by atoms with E-state index in [-0.39, 0.29) is 42.7 Å². The Morgan fingerprint density at radius 2 is 1.08 bits per heavy atom. The molecule has 0 amide bonds. The van der Waals surface area contributed by atoms with Crippen molar-refractivity contribution in [3.63, 3.8) is 0 Å². The highest BCUT2D eigenvalue weighted by molar-refractivity contribution is 5.70. The maximum Gasteiger partial charge on any atom is 0.306 e. The molecule has 0 N–H and O–H groups in total. The molecule has 0 aliphatic carbocycles. The summed E-state index contributed by atoms with van der Waals surface area (Å²) in [6, 6.07) is -0.722. The van der Waals surface area contributed by atoms with Crippen LogP contribution in [0.15, 0.2) is 36.5 Å². The largest absolute Gasteiger partial charge is 0.544 e. The fourth-order valence-corrected chi connectivity index (χ4v) is 6.03. The van der Waals surface area contributed by atoms with Crippen LogP contribution in [0.25, 0.3) is 0 Å². The first-order valence-electron chi connectivity index (χ1n) is 21.0. The maximum absolute atomic E-state index is 12.6. The highest BCUT2D eigenvalue weighted by Crippen LogP contribution is 2.14. The molecule has 302 valence electrons. The molecule has 0 aromatic heterocycles. The van der Waals surface area contributed by atoms with E-state index in [1.54, 1.807) is 21.1 Å². The molecule has 0 aliphatic heterocycles. The smallest absolute Gasteiger partial charge is 0.306 e. The van der Waals surface area contributed by atoms with Crippen molar-refractivity contribution in [1.29, 1.82) is 0 Å². The van der Waals surface area contributed by atoms with Crippen LogP contribution >= 0.6 is 0 Å². The van der Waals surface area contributed by atoms with Crippen molar-refractivity contribution in [2.75, 3.05) is 41.0 Å². The van der Waals surface area contributed by atoms with Crippen LogP contribution in [-0.4, -0.2) is 75.5 Å². The molecule has 0 fully saturated rings. The summed E-state index contributed by atoms with van der Waals surface area (Å²) < 4.78 is 17.1. The Hall–Kier alpha value is -2.45. The van der Waals surface area contributed by atoms with Gasteiger partial charge in [0.25, 0.3) is 0 Å². The van der Waals surface area contributed by atoms with E-state index >= 15 is 0 Å². The Labute approximate surface area is 319 Å². The van der Waals surface area contributed by atoms with E-state index in [4.69, 9.17) is 14.2 Å². The third-order valence-corrected chi connectivity index (χ3v) is 9.29. The summed E-state index contributed by atoms with van der Waals surface area (Å²) in [5.74, 6) is -1.74. The van der Waals surface area contributed by atoms with Crippen molar-refractivity contribution in [3.05, 3.63) is 36.5 Å². The summed E-state index contributed by atoms with van der Waals surface area (Å²) in [6.45, 7) is 4.51. The Balaban J connectivity index is 4.21. The Morgan fingerprint density at radius 1 is 0.596 bits per heavy atom. The predicted octanol–water partition coefficient (Wildman–Crippen LogP) is 9.74. The lowest BCUT2D eigenvalue weighted by molar-refractivity contribution is -0.889. The molecule has 52 heavy (non-hydrogen) atoms. The molecule has 2 unspecified atom stereocenters. The van der Waals surface area contributed by atoms with Crippen molar-refractivity contribution in [2.24, 2.45) is 0 Å². The van der Waals surface area contributed by atoms with E-state index in [9.17, 15) is 19.5 Å². The normalized spacial score (nSPS) is 13.3. The van der Waals surface area contributed by atoms with E-state index in [2.05, 4.69) is 50.3 Å². The van der Waals surface area contributed by atoms with E-state index in [1.165, 1.54) is 83.5 Å². The van der Waals surface area contributed by atoms with Crippen LogP contribution in [0.3, 0.4) is 0 Å². The number of allylic oxidation sites excluding steroid dienone is 6. The highest BCUT2D eigenvalue weighted by atomic mass is 16.6. The number of quaternary nitrogens is 1. The summed E-state index contributed by atoms with van der Waals surface area (Å²) >= 11 is 0. The fourth-order valence-electron chi connectivity index (χ4n) is 6.03. The van der Waals surface area contributed by atoms with Gasteiger partial charge in [0.2, 0.25) is 0 Å². The van der Waals surface area contributed by atoms with E-state index in [1.807, 2.05) is 0 Å². The molecule has 0 aliphatic rings. The lowest BCUT2D eigenvalue weighted by Gasteiger charge is -2.34. The third kappa shape index (κ3) is 33.4. The SMILES string of the molecule is CC/C=C/C/C=C/C/C=C/CCCCCCCCCCCCC(=O)OCC(COCCC(C(=O)[O-])[N+](C)(C)C)OC(=O)CCCCCCCCCC. The third-order valence-electron chi connectivity index (χ3n) is 9.29. The van der Waals surface area contributed by atoms with Gasteiger partial charge < -0.3 is 28.6 Å². The van der Waals surface area contributed by atoms with Crippen molar-refractivity contribution in [3.8, 4) is 0 Å². The second-order valence-electron chi connectivity index (χ2n) is 15.2. The molecule has 0 rings (SSSR count). The average molecular weight is 734 g/mol. The van der Waals surface area contributed by atoms with E-state index < -0.39 is 18.1 Å². The quantitative estimate of drug-likeness (QED) is 0.0271. The number of carboxylic acids is 1. The zero-order chi connectivity index (χ0) is 38.5. The van der Waals surface area contributed by atoms with Crippen LogP contribution in [0, 0.1) is 0 Å². The van der Waals surface area contributed by atoms with Crippen molar-refractivity contribution in [2.45, 2.75) is 187 Å². The van der Waals surface area contributed by atoms with Gasteiger partial charge in [0.15, 0.2) is 6.10 Å². The summed E-state index contributed by atoms with van der Waals surface area (Å²) in [5.41, 5.74) is 0. The molecular formula is C44H79NO7. The number of aliphatic carboxylic acids is 1. The number of carboxylic acid groups (broad SMARTS) is 1. The zero-order valence-corrected chi connectivity index (χ0v) is 34.2. The van der Waals surface area contributed by atoms with Gasteiger partial charge in [-0.3, -0.25) is 9.59 Å². The average Bonchev–Trinajstić information content (AvgIpc) is 3.09. The second kappa shape index (κ2) is 35.6. The maximum atomic E-state index is 12.6. The van der Waals surface area contributed by atoms with Gasteiger partial charge in [-0.05, 0) is 44.9 Å². The van der Waals surface area contributed by atoms with Crippen LogP contribution < -0.4 is 5.11 Å². The number of carbonyl (C=O) groups excluding carboxylic acids is 3. The molecule has 0 radical (unpaired) electrons. The Bertz CT molecular complexity index is 953. The van der Waals surface area contributed by atoms with Crippen molar-refractivity contribution in [1.82, 2.24) is 0 Å². The molecule has 0 bridgehead atoms. The number of likely N-dealkylation sites (N-methyl/N-ethyl adjacent to an activating group) is 1. The molecular weight excluding hydrogens is 654 g/mol. The summed E-state index contributed by atoms with van der Waals surface area (Å²) in [4.78, 5) is 36.6. The number of hydrogen-bond acceptors (Lipinski definition) is 7. The minimum atomic E-state index is -1.13. The first kappa shape index (κ1) is 49.6. The lowest BCUT2D eigenvalue weighted by atomic mass is 10.1. The van der Waals surface area contributed by atoms with Gasteiger partial charge in [-0.1, -0.05) is 147 Å². The van der Waals surface area contributed by atoms with Crippen LogP contribution in [0.2, 0.25) is 0 Å². The Kier molecular flexibility index (Phi) is 33.9. The van der Waals surface area contributed by atoms with E-state index in [0.717, 1.165) is 57.8 Å². The monoisotopic (exact) mass is 734 g/mol. The van der Waals surface area contributed by atoms with Crippen LogP contribution in [0.5, 0.6) is 0 Å². The number of hydrogen-bond donors (Lipinski definition) is 0. The molecule has 0 heterocycles. The van der Waals surface area contributed by atoms with Gasteiger partial charge in [0, 0.05) is 19.3 Å². The molecule has 0 saturated carbocycles. The first-order valence-corrected chi connectivity index (χ1v) is 21.0. The number of nitrogens with zero attached hydrogens (tertiary/aromatic N) is 1. The van der Waals surface area contributed by atoms with Crippen molar-refractivity contribution < 1.29 is 38.2 Å². The predicted molar refractivity (Wildman–Crippen MR) is 213 cm³/mol. The lowest BCUT2D eigenvalue weighted by Crippen LogP contribution is -2.55. The topological polar surface area (TPSA) is 102 Å². The molecule has 0 saturated heterocycles. The number of rotatable bonds is 37. The number of carbonyl (C=O) groups is 3. The molecule has 0 spiro atoms. The summed E-state index contributed by atoms with van der Waals surface area (Å²) in [7, 11) is 5.40. The van der Waals surface area contributed by atoms with Gasteiger partial charge in [-0.15, -0.1) is 0 Å². The Morgan fingerprint density at radius 3 is 1.60 bits per heavy atom. The van der Waals surface area contributed by atoms with Crippen LogP contribution in [-0.2, 0) is 28.6 Å². The van der Waals surface area contributed by atoms with Gasteiger partial charge in [0.1, 0.15) is 12.6 Å². The summed E-state index contributed by atoms with van der Waals surface area (Å²) in [6.07, 6.45) is 38.9. The van der Waals surface area contributed by atoms with Gasteiger partial charge in [-0.2, -0.15) is 0 Å². The standard InChI is InChI=1S/C44H79NO7/c1-6-8-10-12-14-16-17-18-19-20-21-22-23-24-25-26-27-29-30-32-34-42(46)51-39-40(38-50-37-36-41(44(48)49)45(3,4)5)52-43(47)35-33-31-28-15-13-11-9-7-2/h8,10,14,16,18-19,40-41H,6-7,9,11-13,15,17,20-39H2,1-5H3/b10-8+,16-14+,19-18+. The highest BCUT2D eigenvalue weighted by Gasteiger charge is 2.25. The van der Waals surface area contributed by atoms with E-state index in [0.29, 0.717) is 12.8 Å². The minimum absolute atomic E-state index is 0.0415. The zero-order valence-electron chi connectivity index (χ0n) is 34.2. The van der Waals surface area contributed by atoms with Gasteiger partial charge in [-0.25, -0.2) is 0 Å². The number of esters is 2. The fraction of sp³-hybridized carbons (Fsp3) is 0.795. The van der Waals surface area contributed by atoms with Crippen LogP contribution in [0.4, 0.5) is 0 Å². The molecule has 8 nitrogen and oxygen atoms in total. The number of ether oxygens (including phenoxy) is 3. The van der Waals surface area contributed by atoms with Gasteiger partial charge >= 0.3 is 11.9 Å². The van der Waals surface area contributed by atoms with Crippen molar-refractivity contribution >= 4 is 17.9 Å². The molecule has 2 atom stereocenters. The molecule has 8 heteroatoms.